The van der Waals surface area contributed by atoms with E-state index in [9.17, 15) is 4.79 Å². The number of thiophene rings is 1. The molecule has 1 aliphatic heterocycles. The van der Waals surface area contributed by atoms with E-state index in [1.807, 2.05) is 6.07 Å². The van der Waals surface area contributed by atoms with Gasteiger partial charge in [0.25, 0.3) is 0 Å². The molecule has 2 rings (SSSR count). The lowest BCUT2D eigenvalue weighted by Gasteiger charge is -2.41. The van der Waals surface area contributed by atoms with Gasteiger partial charge in [-0.25, -0.2) is 0 Å². The van der Waals surface area contributed by atoms with E-state index in [2.05, 4.69) is 30.2 Å². The van der Waals surface area contributed by atoms with Gasteiger partial charge >= 0.3 is 0 Å². The molecule has 0 aliphatic carbocycles. The lowest BCUT2D eigenvalue weighted by Crippen LogP contribution is -2.56. The van der Waals surface area contributed by atoms with Gasteiger partial charge in [0, 0.05) is 24.4 Å². The van der Waals surface area contributed by atoms with Crippen LogP contribution in [0.5, 0.6) is 0 Å². The molecule has 0 bridgehead atoms. The topological polar surface area (TPSA) is 29.5 Å². The molecule has 1 saturated heterocycles. The minimum Gasteiger partial charge on any atom is -0.379 e. The van der Waals surface area contributed by atoms with E-state index in [4.69, 9.17) is 4.74 Å². The predicted octanol–water partition coefficient (Wildman–Crippen LogP) is 2.75. The van der Waals surface area contributed by atoms with Crippen LogP contribution in [0, 0.1) is 0 Å². The fourth-order valence-electron chi connectivity index (χ4n) is 2.61. The summed E-state index contributed by atoms with van der Waals surface area (Å²) in [6, 6.07) is 4.15. The van der Waals surface area contributed by atoms with Crippen molar-refractivity contribution >= 4 is 17.1 Å². The Morgan fingerprint density at radius 3 is 2.79 bits per heavy atom. The third kappa shape index (κ3) is 3.44. The Kier molecular flexibility index (Phi) is 5.13. The van der Waals surface area contributed by atoms with Gasteiger partial charge in [0.1, 0.15) is 0 Å². The average Bonchev–Trinajstić information content (AvgIpc) is 2.98. The van der Waals surface area contributed by atoms with E-state index in [0.29, 0.717) is 12.2 Å². The summed E-state index contributed by atoms with van der Waals surface area (Å²) in [5, 5.41) is 2.07. The standard InChI is InChI=1S/C15H23NO2S/c1-3-15(2,16-8-10-18-11-9-16)14(17)7-6-13-5-4-12-19-13/h4-5,12H,3,6-11H2,1-2H3. The quantitative estimate of drug-likeness (QED) is 0.803. The Hall–Kier alpha value is -0.710. The highest BCUT2D eigenvalue weighted by atomic mass is 32.1. The third-order valence-corrected chi connectivity index (χ3v) is 5.11. The maximum atomic E-state index is 12.6. The molecule has 1 aromatic rings. The molecule has 0 saturated carbocycles. The normalized spacial score (nSPS) is 20.1. The van der Waals surface area contributed by atoms with Crippen LogP contribution >= 0.6 is 11.3 Å². The van der Waals surface area contributed by atoms with E-state index < -0.39 is 0 Å². The van der Waals surface area contributed by atoms with Gasteiger partial charge in [0.2, 0.25) is 0 Å². The monoisotopic (exact) mass is 281 g/mol. The number of morpholine rings is 1. The van der Waals surface area contributed by atoms with Crippen molar-refractivity contribution in [1.82, 2.24) is 4.90 Å². The van der Waals surface area contributed by atoms with Gasteiger partial charge in [0.15, 0.2) is 5.78 Å². The van der Waals surface area contributed by atoms with Crippen LogP contribution in [0.2, 0.25) is 0 Å². The summed E-state index contributed by atoms with van der Waals surface area (Å²) in [5.41, 5.74) is -0.318. The van der Waals surface area contributed by atoms with Gasteiger partial charge < -0.3 is 4.74 Å². The summed E-state index contributed by atoms with van der Waals surface area (Å²) >= 11 is 1.73. The lowest BCUT2D eigenvalue weighted by molar-refractivity contribution is -0.133. The highest BCUT2D eigenvalue weighted by molar-refractivity contribution is 7.09. The molecular weight excluding hydrogens is 258 g/mol. The van der Waals surface area contributed by atoms with Crippen LogP contribution in [0.1, 0.15) is 31.6 Å². The molecule has 19 heavy (non-hydrogen) atoms. The second kappa shape index (κ2) is 6.64. The Bertz CT molecular complexity index is 398. The zero-order valence-corrected chi connectivity index (χ0v) is 12.7. The summed E-state index contributed by atoms with van der Waals surface area (Å²) in [5.74, 6) is 0.366. The Morgan fingerprint density at radius 1 is 1.47 bits per heavy atom. The van der Waals surface area contributed by atoms with Gasteiger partial charge in [-0.15, -0.1) is 11.3 Å². The van der Waals surface area contributed by atoms with Gasteiger partial charge in [-0.1, -0.05) is 13.0 Å². The fourth-order valence-corrected chi connectivity index (χ4v) is 3.32. The van der Waals surface area contributed by atoms with E-state index in [-0.39, 0.29) is 5.54 Å². The van der Waals surface area contributed by atoms with E-state index in [1.165, 1.54) is 4.88 Å². The fraction of sp³-hybridized carbons (Fsp3) is 0.667. The highest BCUT2D eigenvalue weighted by Crippen LogP contribution is 2.24. The van der Waals surface area contributed by atoms with E-state index in [1.54, 1.807) is 11.3 Å². The maximum absolute atomic E-state index is 12.6. The predicted molar refractivity (Wildman–Crippen MR) is 78.7 cm³/mol. The maximum Gasteiger partial charge on any atom is 0.153 e. The number of ether oxygens (including phenoxy) is 1. The first-order valence-electron chi connectivity index (χ1n) is 7.05. The van der Waals surface area contributed by atoms with Crippen molar-refractivity contribution in [3.8, 4) is 0 Å². The van der Waals surface area contributed by atoms with Crippen LogP contribution in [0.3, 0.4) is 0 Å². The molecule has 1 aromatic heterocycles. The van der Waals surface area contributed by atoms with Crippen molar-refractivity contribution in [2.45, 2.75) is 38.6 Å². The van der Waals surface area contributed by atoms with Crippen LogP contribution in [0.25, 0.3) is 0 Å². The minimum atomic E-state index is -0.318. The molecule has 0 N–H and O–H groups in total. The van der Waals surface area contributed by atoms with Crippen LogP contribution in [0.4, 0.5) is 0 Å². The van der Waals surface area contributed by atoms with Crippen molar-refractivity contribution in [2.24, 2.45) is 0 Å². The molecule has 1 unspecified atom stereocenters. The molecule has 1 fully saturated rings. The molecule has 4 heteroatoms. The van der Waals surface area contributed by atoms with Crippen LogP contribution in [0.15, 0.2) is 17.5 Å². The van der Waals surface area contributed by atoms with Crippen LogP contribution < -0.4 is 0 Å². The van der Waals surface area contributed by atoms with Crippen molar-refractivity contribution in [1.29, 1.82) is 0 Å². The molecule has 1 aliphatic rings. The number of carbonyl (C=O) groups excluding carboxylic acids is 1. The molecule has 0 amide bonds. The van der Waals surface area contributed by atoms with Crippen molar-refractivity contribution in [3.63, 3.8) is 0 Å². The molecule has 0 aromatic carbocycles. The molecule has 2 heterocycles. The first-order valence-corrected chi connectivity index (χ1v) is 7.93. The van der Waals surface area contributed by atoms with Gasteiger partial charge in [0.05, 0.1) is 18.8 Å². The molecule has 106 valence electrons. The Balaban J connectivity index is 1.96. The summed E-state index contributed by atoms with van der Waals surface area (Å²) in [7, 11) is 0. The summed E-state index contributed by atoms with van der Waals surface area (Å²) in [6.45, 7) is 7.43. The molecule has 0 radical (unpaired) electrons. The number of Topliss-reactive ketones (excluding diaryl/α,β-unsaturated/α-hetero) is 1. The highest BCUT2D eigenvalue weighted by Gasteiger charge is 2.37. The SMILES string of the molecule is CCC(C)(C(=O)CCc1cccs1)N1CCOCC1. The second-order valence-corrected chi connectivity index (χ2v) is 6.26. The van der Waals surface area contributed by atoms with Crippen molar-refractivity contribution in [2.75, 3.05) is 26.3 Å². The summed E-state index contributed by atoms with van der Waals surface area (Å²) in [6.07, 6.45) is 2.38. The van der Waals surface area contributed by atoms with Gasteiger partial charge in [-0.3, -0.25) is 9.69 Å². The number of rotatable bonds is 6. The number of hydrogen-bond acceptors (Lipinski definition) is 4. The molecule has 0 spiro atoms. The van der Waals surface area contributed by atoms with Crippen molar-refractivity contribution < 1.29 is 9.53 Å². The van der Waals surface area contributed by atoms with Gasteiger partial charge in [-0.2, -0.15) is 0 Å². The molecule has 3 nitrogen and oxygen atoms in total. The molecular formula is C15H23NO2S. The van der Waals surface area contributed by atoms with E-state index >= 15 is 0 Å². The number of nitrogens with zero attached hydrogens (tertiary/aromatic N) is 1. The van der Waals surface area contributed by atoms with Crippen LogP contribution in [-0.2, 0) is 16.0 Å². The van der Waals surface area contributed by atoms with Crippen molar-refractivity contribution in [3.05, 3.63) is 22.4 Å². The zero-order valence-electron chi connectivity index (χ0n) is 11.9. The lowest BCUT2D eigenvalue weighted by atomic mass is 9.88. The second-order valence-electron chi connectivity index (χ2n) is 5.23. The third-order valence-electron chi connectivity index (χ3n) is 4.18. The summed E-state index contributed by atoms with van der Waals surface area (Å²) < 4.78 is 5.39. The largest absolute Gasteiger partial charge is 0.379 e. The first-order chi connectivity index (χ1) is 9.16. The van der Waals surface area contributed by atoms with E-state index in [0.717, 1.165) is 39.1 Å². The van der Waals surface area contributed by atoms with Crippen LogP contribution in [-0.4, -0.2) is 42.5 Å². The zero-order chi connectivity index (χ0) is 13.7. The average molecular weight is 281 g/mol. The Morgan fingerprint density at radius 2 is 2.21 bits per heavy atom. The number of aryl methyl sites for hydroxylation is 1. The Labute approximate surface area is 119 Å². The summed E-state index contributed by atoms with van der Waals surface area (Å²) in [4.78, 5) is 16.2. The van der Waals surface area contributed by atoms with Gasteiger partial charge in [-0.05, 0) is 31.2 Å². The number of carbonyl (C=O) groups is 1. The number of hydrogen-bond donors (Lipinski definition) is 0. The minimum absolute atomic E-state index is 0.318. The molecule has 1 atom stereocenters. The smallest absolute Gasteiger partial charge is 0.153 e. The number of ketones is 1. The first kappa shape index (κ1) is 14.7.